The number of carbonyl (C=O) groups is 1. The van der Waals surface area contributed by atoms with E-state index in [-0.39, 0.29) is 42.6 Å². The normalized spacial score (nSPS) is 30.0. The molecule has 168 valence electrons. The molecule has 1 N–H and O–H groups in total. The summed E-state index contributed by atoms with van der Waals surface area (Å²) in [5.41, 5.74) is -0.0679. The maximum absolute atomic E-state index is 15.0. The molecular formula is C23H26F4N2O2. The number of aliphatic hydroxyl groups excluding tert-OH is 1. The summed E-state index contributed by atoms with van der Waals surface area (Å²) in [6.45, 7) is 1.60. The summed E-state index contributed by atoms with van der Waals surface area (Å²) in [7, 11) is 0. The van der Waals surface area contributed by atoms with Crippen LogP contribution in [0.1, 0.15) is 30.4 Å². The van der Waals surface area contributed by atoms with Crippen LogP contribution in [0.4, 0.5) is 17.6 Å². The Morgan fingerprint density at radius 1 is 1.10 bits per heavy atom. The molecule has 31 heavy (non-hydrogen) atoms. The molecule has 4 nitrogen and oxygen atoms in total. The SMILES string of the molecule is O=C1[C@H](N2CC[C@@H](C3C=CC(O)=CC3)[C@H](F)C2)CCN1Cc1ccc(C(F)(F)F)cc1. The van der Waals surface area contributed by atoms with E-state index in [1.54, 1.807) is 17.1 Å². The van der Waals surface area contributed by atoms with Crippen molar-refractivity contribution in [2.24, 2.45) is 11.8 Å². The molecule has 1 amide bonds. The second kappa shape index (κ2) is 8.65. The first-order chi connectivity index (χ1) is 14.7. The van der Waals surface area contributed by atoms with Gasteiger partial charge in [-0.1, -0.05) is 18.2 Å². The Kier molecular flexibility index (Phi) is 6.10. The van der Waals surface area contributed by atoms with Gasteiger partial charge in [-0.2, -0.15) is 13.2 Å². The number of likely N-dealkylation sites (tertiary alicyclic amines) is 2. The molecule has 1 aromatic carbocycles. The number of piperidine rings is 1. The Bertz CT molecular complexity index is 865. The Balaban J connectivity index is 1.33. The monoisotopic (exact) mass is 438 g/mol. The van der Waals surface area contributed by atoms with Crippen molar-refractivity contribution in [3.63, 3.8) is 0 Å². The zero-order chi connectivity index (χ0) is 22.2. The first-order valence-electron chi connectivity index (χ1n) is 10.6. The topological polar surface area (TPSA) is 43.8 Å². The molecule has 4 atom stereocenters. The maximum atomic E-state index is 15.0. The summed E-state index contributed by atoms with van der Waals surface area (Å²) in [5.74, 6) is 0.0600. The lowest BCUT2D eigenvalue weighted by molar-refractivity contribution is -0.137. The molecule has 0 radical (unpaired) electrons. The van der Waals surface area contributed by atoms with Crippen molar-refractivity contribution in [2.45, 2.75) is 44.2 Å². The van der Waals surface area contributed by atoms with Crippen molar-refractivity contribution in [3.05, 3.63) is 59.4 Å². The molecule has 2 aliphatic heterocycles. The third-order valence-electron chi connectivity index (χ3n) is 6.65. The van der Waals surface area contributed by atoms with Gasteiger partial charge in [0.2, 0.25) is 5.91 Å². The summed E-state index contributed by atoms with van der Waals surface area (Å²) < 4.78 is 53.1. The van der Waals surface area contributed by atoms with Crippen LogP contribution in [0.15, 0.2) is 48.3 Å². The average Bonchev–Trinajstić information content (AvgIpc) is 3.09. The van der Waals surface area contributed by atoms with Crippen molar-refractivity contribution in [2.75, 3.05) is 19.6 Å². The molecule has 8 heteroatoms. The molecule has 2 heterocycles. The lowest BCUT2D eigenvalue weighted by Gasteiger charge is -2.40. The number of allylic oxidation sites excluding steroid dienone is 3. The molecule has 0 bridgehead atoms. The molecular weight excluding hydrogens is 412 g/mol. The summed E-state index contributed by atoms with van der Waals surface area (Å²) >= 11 is 0. The van der Waals surface area contributed by atoms with Gasteiger partial charge in [0.15, 0.2) is 0 Å². The number of hydrogen-bond donors (Lipinski definition) is 1. The molecule has 4 rings (SSSR count). The molecule has 2 saturated heterocycles. The third-order valence-corrected chi connectivity index (χ3v) is 6.65. The summed E-state index contributed by atoms with van der Waals surface area (Å²) in [4.78, 5) is 16.5. The Labute approximate surface area is 178 Å². The van der Waals surface area contributed by atoms with Crippen LogP contribution in [-0.2, 0) is 17.5 Å². The minimum Gasteiger partial charge on any atom is -0.508 e. The molecule has 0 saturated carbocycles. The largest absolute Gasteiger partial charge is 0.508 e. The van der Waals surface area contributed by atoms with Crippen LogP contribution in [-0.4, -0.2) is 52.7 Å². The van der Waals surface area contributed by atoms with Crippen molar-refractivity contribution in [1.29, 1.82) is 0 Å². The second-order valence-electron chi connectivity index (χ2n) is 8.61. The molecule has 3 aliphatic rings. The molecule has 1 unspecified atom stereocenters. The van der Waals surface area contributed by atoms with Gasteiger partial charge in [0.25, 0.3) is 0 Å². The van der Waals surface area contributed by atoms with Crippen LogP contribution < -0.4 is 0 Å². The highest BCUT2D eigenvalue weighted by Gasteiger charge is 2.41. The van der Waals surface area contributed by atoms with Crippen LogP contribution in [0, 0.1) is 11.8 Å². The predicted octanol–water partition coefficient (Wildman–Crippen LogP) is 4.48. The summed E-state index contributed by atoms with van der Waals surface area (Å²) in [5, 5.41) is 9.47. The van der Waals surface area contributed by atoms with E-state index in [0.717, 1.165) is 12.1 Å². The van der Waals surface area contributed by atoms with Crippen LogP contribution in [0.3, 0.4) is 0 Å². The van der Waals surface area contributed by atoms with Crippen LogP contribution in [0.25, 0.3) is 0 Å². The van der Waals surface area contributed by atoms with E-state index in [9.17, 15) is 27.5 Å². The number of aliphatic hydroxyl groups is 1. The van der Waals surface area contributed by atoms with Gasteiger partial charge < -0.3 is 10.0 Å². The van der Waals surface area contributed by atoms with Gasteiger partial charge in [0.1, 0.15) is 11.9 Å². The molecule has 0 spiro atoms. The number of alkyl halides is 4. The first kappa shape index (κ1) is 21.9. The minimum atomic E-state index is -4.38. The molecule has 1 aromatic rings. The van der Waals surface area contributed by atoms with Gasteiger partial charge in [-0.25, -0.2) is 4.39 Å². The van der Waals surface area contributed by atoms with E-state index in [1.165, 1.54) is 12.1 Å². The van der Waals surface area contributed by atoms with Crippen molar-refractivity contribution in [1.82, 2.24) is 9.80 Å². The fourth-order valence-corrected chi connectivity index (χ4v) is 4.89. The highest BCUT2D eigenvalue weighted by molar-refractivity contribution is 5.84. The number of halogens is 4. The van der Waals surface area contributed by atoms with Crippen molar-refractivity contribution >= 4 is 5.91 Å². The molecule has 2 fully saturated rings. The number of hydrogen-bond acceptors (Lipinski definition) is 3. The summed E-state index contributed by atoms with van der Waals surface area (Å²) in [6.07, 6.45) is 1.63. The van der Waals surface area contributed by atoms with Crippen LogP contribution >= 0.6 is 0 Å². The van der Waals surface area contributed by atoms with E-state index in [2.05, 4.69) is 0 Å². The van der Waals surface area contributed by atoms with Crippen molar-refractivity contribution < 1.29 is 27.5 Å². The highest BCUT2D eigenvalue weighted by Crippen LogP contribution is 2.35. The van der Waals surface area contributed by atoms with Crippen LogP contribution in [0.2, 0.25) is 0 Å². The van der Waals surface area contributed by atoms with Gasteiger partial charge in [-0.15, -0.1) is 0 Å². The quantitative estimate of drug-likeness (QED) is 0.705. The zero-order valence-corrected chi connectivity index (χ0v) is 17.1. The van der Waals surface area contributed by atoms with Crippen LogP contribution in [0.5, 0.6) is 0 Å². The Hall–Kier alpha value is -2.35. The number of amides is 1. The van der Waals surface area contributed by atoms with Gasteiger partial charge >= 0.3 is 6.18 Å². The average molecular weight is 438 g/mol. The Morgan fingerprint density at radius 3 is 2.45 bits per heavy atom. The Morgan fingerprint density at radius 2 is 1.84 bits per heavy atom. The highest BCUT2D eigenvalue weighted by atomic mass is 19.4. The fourth-order valence-electron chi connectivity index (χ4n) is 4.89. The van der Waals surface area contributed by atoms with E-state index in [1.807, 2.05) is 11.0 Å². The van der Waals surface area contributed by atoms with E-state index >= 15 is 0 Å². The molecule has 1 aliphatic carbocycles. The number of rotatable bonds is 4. The zero-order valence-electron chi connectivity index (χ0n) is 17.1. The number of carbonyl (C=O) groups excluding carboxylic acids is 1. The van der Waals surface area contributed by atoms with Gasteiger partial charge in [-0.3, -0.25) is 9.69 Å². The van der Waals surface area contributed by atoms with E-state index in [0.29, 0.717) is 37.9 Å². The third kappa shape index (κ3) is 4.79. The smallest absolute Gasteiger partial charge is 0.416 e. The maximum Gasteiger partial charge on any atom is 0.416 e. The van der Waals surface area contributed by atoms with Gasteiger partial charge in [0, 0.05) is 19.6 Å². The minimum absolute atomic E-state index is 0.0588. The first-order valence-corrected chi connectivity index (χ1v) is 10.6. The predicted molar refractivity (Wildman–Crippen MR) is 108 cm³/mol. The summed E-state index contributed by atoms with van der Waals surface area (Å²) in [6, 6.07) is 4.48. The second-order valence-corrected chi connectivity index (χ2v) is 8.61. The number of nitrogens with zero attached hydrogens (tertiary/aromatic N) is 2. The fraction of sp³-hybridized carbons (Fsp3) is 0.522. The molecule has 0 aromatic heterocycles. The lowest BCUT2D eigenvalue weighted by atomic mass is 9.79. The van der Waals surface area contributed by atoms with E-state index < -0.39 is 17.9 Å². The lowest BCUT2D eigenvalue weighted by Crippen LogP contribution is -2.51. The standard InChI is InChI=1S/C23H26F4N2O2/c24-20-14-28(11-9-19(20)16-3-7-18(30)8-4-16)21-10-12-29(22(21)31)13-15-1-5-17(6-2-15)23(25,26)27/h1-3,5-8,16,19-21,30H,4,9-14H2/t16?,19-,20+,21+/m0/s1. The number of benzene rings is 1. The van der Waals surface area contributed by atoms with Crippen molar-refractivity contribution in [3.8, 4) is 0 Å². The van der Waals surface area contributed by atoms with E-state index in [4.69, 9.17) is 0 Å². The van der Waals surface area contributed by atoms with Gasteiger partial charge in [-0.05, 0) is 67.5 Å². The van der Waals surface area contributed by atoms with Gasteiger partial charge in [0.05, 0.1) is 11.6 Å².